The lowest BCUT2D eigenvalue weighted by Gasteiger charge is -2.41. The quantitative estimate of drug-likeness (QED) is 0.898. The van der Waals surface area contributed by atoms with Crippen LogP contribution in [0.1, 0.15) is 55.7 Å². The zero-order valence-corrected chi connectivity index (χ0v) is 14.4. The lowest BCUT2D eigenvalue weighted by Crippen LogP contribution is -2.53. The van der Waals surface area contributed by atoms with Gasteiger partial charge < -0.3 is 10.0 Å². The third-order valence-electron chi connectivity index (χ3n) is 5.77. The normalized spacial score (nSPS) is 30.2. The Morgan fingerprint density at radius 3 is 2.65 bits per heavy atom. The molecule has 0 spiro atoms. The highest BCUT2D eigenvalue weighted by atomic mass is 16.3. The first-order valence-corrected chi connectivity index (χ1v) is 9.31. The van der Waals surface area contributed by atoms with Crippen molar-refractivity contribution in [3.63, 3.8) is 0 Å². The van der Waals surface area contributed by atoms with Crippen LogP contribution in [0.2, 0.25) is 0 Å². The first-order valence-electron chi connectivity index (χ1n) is 9.31. The topological polar surface area (TPSA) is 44.5 Å². The highest BCUT2D eigenvalue weighted by Crippen LogP contribution is 2.41. The van der Waals surface area contributed by atoms with E-state index in [1.165, 1.54) is 36.9 Å². The van der Waals surface area contributed by atoms with Crippen LogP contribution in [0.3, 0.4) is 0 Å². The molecule has 23 heavy (non-hydrogen) atoms. The highest BCUT2D eigenvalue weighted by Gasteiger charge is 2.36. The van der Waals surface area contributed by atoms with Crippen molar-refractivity contribution in [2.45, 2.75) is 56.6 Å². The van der Waals surface area contributed by atoms with E-state index < -0.39 is 5.60 Å². The molecular weight excluding hydrogens is 288 g/mol. The number of β-amino-alcohol motifs (C(OH)–C–C–N with tert-alkyl or cyclic N) is 1. The molecule has 4 rings (SSSR count). The van der Waals surface area contributed by atoms with E-state index in [4.69, 9.17) is 0 Å². The predicted octanol–water partition coefficient (Wildman–Crippen LogP) is 1.72. The predicted molar refractivity (Wildman–Crippen MR) is 90.3 cm³/mol. The molecule has 1 aliphatic carbocycles. The van der Waals surface area contributed by atoms with Gasteiger partial charge in [0, 0.05) is 43.9 Å². The molecule has 1 saturated carbocycles. The van der Waals surface area contributed by atoms with E-state index in [0.29, 0.717) is 0 Å². The molecule has 3 fully saturated rings. The molecule has 3 heterocycles. The number of aromatic nitrogens is 2. The van der Waals surface area contributed by atoms with Crippen LogP contribution in [-0.4, -0.2) is 63.0 Å². The van der Waals surface area contributed by atoms with Crippen LogP contribution in [0.25, 0.3) is 0 Å². The van der Waals surface area contributed by atoms with Gasteiger partial charge in [0.2, 0.25) is 0 Å². The molecule has 1 atom stereocenters. The van der Waals surface area contributed by atoms with Crippen molar-refractivity contribution in [2.75, 3.05) is 32.7 Å². The Bertz CT molecular complexity index is 547. The summed E-state index contributed by atoms with van der Waals surface area (Å²) >= 11 is 0. The maximum Gasteiger partial charge on any atom is 0.0900 e. The molecule has 1 N–H and O–H groups in total. The van der Waals surface area contributed by atoms with Gasteiger partial charge in [-0.25, -0.2) is 0 Å². The maximum absolute atomic E-state index is 11.1. The summed E-state index contributed by atoms with van der Waals surface area (Å²) in [7, 11) is 2.07. The van der Waals surface area contributed by atoms with E-state index in [0.717, 1.165) is 58.0 Å². The maximum atomic E-state index is 11.1. The summed E-state index contributed by atoms with van der Waals surface area (Å²) in [5, 5.41) is 15.6. The molecule has 5 heteroatoms. The number of aliphatic hydroxyl groups is 1. The summed E-state index contributed by atoms with van der Waals surface area (Å²) in [4.78, 5) is 4.89. The van der Waals surface area contributed by atoms with Crippen molar-refractivity contribution in [1.82, 2.24) is 19.6 Å². The molecule has 0 unspecified atom stereocenters. The van der Waals surface area contributed by atoms with Crippen molar-refractivity contribution >= 4 is 0 Å². The van der Waals surface area contributed by atoms with Crippen LogP contribution >= 0.6 is 0 Å². The summed E-state index contributed by atoms with van der Waals surface area (Å²) in [5.41, 5.74) is 2.28. The summed E-state index contributed by atoms with van der Waals surface area (Å²) < 4.78 is 2.06. The molecule has 2 aliphatic heterocycles. The molecule has 3 aliphatic rings. The number of piperidine rings is 1. The Hall–Kier alpha value is -0.910. The fourth-order valence-electron chi connectivity index (χ4n) is 4.57. The summed E-state index contributed by atoms with van der Waals surface area (Å²) in [6.07, 6.45) is 9.30. The van der Waals surface area contributed by atoms with Gasteiger partial charge in [-0.3, -0.25) is 9.58 Å². The first-order chi connectivity index (χ1) is 11.1. The number of likely N-dealkylation sites (tertiary alicyclic amines) is 2. The van der Waals surface area contributed by atoms with Crippen LogP contribution in [0, 0.1) is 0 Å². The van der Waals surface area contributed by atoms with Crippen LogP contribution in [-0.2, 0) is 13.6 Å². The number of aryl methyl sites for hydroxylation is 1. The van der Waals surface area contributed by atoms with Crippen LogP contribution in [0.4, 0.5) is 0 Å². The van der Waals surface area contributed by atoms with Gasteiger partial charge in [0.15, 0.2) is 0 Å². The van der Waals surface area contributed by atoms with Gasteiger partial charge in [-0.1, -0.05) is 0 Å². The van der Waals surface area contributed by atoms with Crippen LogP contribution < -0.4 is 0 Å². The van der Waals surface area contributed by atoms with Gasteiger partial charge in [0.1, 0.15) is 0 Å². The van der Waals surface area contributed by atoms with E-state index >= 15 is 0 Å². The minimum absolute atomic E-state index is 0.523. The lowest BCUT2D eigenvalue weighted by atomic mass is 9.92. The first kappa shape index (κ1) is 15.6. The Balaban J connectivity index is 1.41. The summed E-state index contributed by atoms with van der Waals surface area (Å²) in [5.74, 6) is 0.728. The van der Waals surface area contributed by atoms with Crippen molar-refractivity contribution in [3.8, 4) is 0 Å². The molecule has 0 bridgehead atoms. The zero-order valence-electron chi connectivity index (χ0n) is 14.4. The second-order valence-corrected chi connectivity index (χ2v) is 7.97. The van der Waals surface area contributed by atoms with E-state index in [2.05, 4.69) is 26.6 Å². The van der Waals surface area contributed by atoms with Gasteiger partial charge in [0.05, 0.1) is 11.8 Å². The smallest absolute Gasteiger partial charge is 0.0900 e. The Labute approximate surface area is 139 Å². The standard InChI is InChI=1S/C18H30N4O/c1-20-17(15-5-6-15)16(11-19-20)12-22-10-4-7-18(23,14-22)13-21-8-2-3-9-21/h11,15,23H,2-10,12-14H2,1H3/t18-/m0/s1. The van der Waals surface area contributed by atoms with E-state index in [1.807, 2.05) is 6.20 Å². The second kappa shape index (κ2) is 6.19. The van der Waals surface area contributed by atoms with Gasteiger partial charge >= 0.3 is 0 Å². The van der Waals surface area contributed by atoms with Gasteiger partial charge in [-0.05, 0) is 58.2 Å². The lowest BCUT2D eigenvalue weighted by molar-refractivity contribution is -0.0519. The number of nitrogens with zero attached hydrogens (tertiary/aromatic N) is 4. The van der Waals surface area contributed by atoms with Crippen molar-refractivity contribution in [2.24, 2.45) is 7.05 Å². The minimum atomic E-state index is -0.523. The summed E-state index contributed by atoms with van der Waals surface area (Å²) in [6.45, 7) is 6.03. The highest BCUT2D eigenvalue weighted by molar-refractivity contribution is 5.25. The zero-order chi connectivity index (χ0) is 15.9. The molecule has 5 nitrogen and oxygen atoms in total. The van der Waals surface area contributed by atoms with Gasteiger partial charge in [-0.15, -0.1) is 0 Å². The van der Waals surface area contributed by atoms with Gasteiger partial charge in [-0.2, -0.15) is 5.10 Å². The Morgan fingerprint density at radius 2 is 1.91 bits per heavy atom. The molecule has 1 aromatic heterocycles. The third-order valence-corrected chi connectivity index (χ3v) is 5.77. The molecule has 128 valence electrons. The average molecular weight is 318 g/mol. The molecule has 2 saturated heterocycles. The number of hydrogen-bond acceptors (Lipinski definition) is 4. The second-order valence-electron chi connectivity index (χ2n) is 7.97. The molecule has 0 amide bonds. The Kier molecular flexibility index (Phi) is 4.20. The fourth-order valence-corrected chi connectivity index (χ4v) is 4.57. The van der Waals surface area contributed by atoms with Crippen LogP contribution in [0.5, 0.6) is 0 Å². The molecule has 1 aromatic rings. The molecule has 0 aromatic carbocycles. The Morgan fingerprint density at radius 1 is 1.17 bits per heavy atom. The van der Waals surface area contributed by atoms with Gasteiger partial charge in [0.25, 0.3) is 0 Å². The largest absolute Gasteiger partial charge is 0.387 e. The van der Waals surface area contributed by atoms with E-state index in [9.17, 15) is 5.11 Å². The number of rotatable bonds is 5. The van der Waals surface area contributed by atoms with E-state index in [-0.39, 0.29) is 0 Å². The van der Waals surface area contributed by atoms with Crippen molar-refractivity contribution in [1.29, 1.82) is 0 Å². The SMILES string of the molecule is Cn1ncc(CN2CCC[C@](O)(CN3CCCC3)C2)c1C1CC1. The average Bonchev–Trinajstić information content (AvgIpc) is 3.09. The van der Waals surface area contributed by atoms with E-state index in [1.54, 1.807) is 0 Å². The minimum Gasteiger partial charge on any atom is -0.387 e. The van der Waals surface area contributed by atoms with Crippen LogP contribution in [0.15, 0.2) is 6.20 Å². The fraction of sp³-hybridized carbons (Fsp3) is 0.833. The molecular formula is C18H30N4O. The van der Waals surface area contributed by atoms with Crippen molar-refractivity contribution in [3.05, 3.63) is 17.5 Å². The van der Waals surface area contributed by atoms with Crippen molar-refractivity contribution < 1.29 is 5.11 Å². The monoisotopic (exact) mass is 318 g/mol. The molecule has 0 radical (unpaired) electrons. The third kappa shape index (κ3) is 3.47. The number of hydrogen-bond donors (Lipinski definition) is 1. The summed E-state index contributed by atoms with van der Waals surface area (Å²) in [6, 6.07) is 0.